The summed E-state index contributed by atoms with van der Waals surface area (Å²) < 4.78 is 5.37. The number of aromatic nitrogens is 2. The Kier molecular flexibility index (Phi) is 6.77. The number of hydrogen-bond acceptors (Lipinski definition) is 5. The molecule has 162 valence electrons. The normalized spacial score (nSPS) is 14.9. The second kappa shape index (κ2) is 9.88. The van der Waals surface area contributed by atoms with Crippen LogP contribution in [0.25, 0.3) is 11.4 Å². The molecule has 2 aromatic carbocycles. The lowest BCUT2D eigenvalue weighted by molar-refractivity contribution is 0.0769. The van der Waals surface area contributed by atoms with Crippen LogP contribution >= 0.6 is 0 Å². The van der Waals surface area contributed by atoms with Crippen molar-refractivity contribution in [1.82, 2.24) is 19.9 Å². The minimum absolute atomic E-state index is 0.0587. The Morgan fingerprint density at radius 3 is 2.52 bits per heavy atom. The smallest absolute Gasteiger partial charge is 0.254 e. The van der Waals surface area contributed by atoms with Gasteiger partial charge in [-0.25, -0.2) is 0 Å². The average molecular weight is 419 g/mol. The zero-order chi connectivity index (χ0) is 21.6. The fourth-order valence-electron chi connectivity index (χ4n) is 4.02. The fourth-order valence-corrected chi connectivity index (χ4v) is 4.02. The van der Waals surface area contributed by atoms with Gasteiger partial charge in [0.2, 0.25) is 11.7 Å². The van der Waals surface area contributed by atoms with E-state index >= 15 is 0 Å². The highest BCUT2D eigenvalue weighted by molar-refractivity contribution is 5.94. The van der Waals surface area contributed by atoms with E-state index in [4.69, 9.17) is 4.52 Å². The first-order valence-corrected chi connectivity index (χ1v) is 11.0. The Labute approximate surface area is 183 Å². The van der Waals surface area contributed by atoms with Crippen molar-refractivity contribution < 1.29 is 9.32 Å². The number of nitrogens with zero attached hydrogens (tertiary/aromatic N) is 4. The van der Waals surface area contributed by atoms with Crippen molar-refractivity contribution in [2.24, 2.45) is 0 Å². The maximum atomic E-state index is 12.8. The lowest BCUT2D eigenvalue weighted by atomic mass is 10.1. The first-order valence-electron chi connectivity index (χ1n) is 11.0. The van der Waals surface area contributed by atoms with Crippen LogP contribution in [0.15, 0.2) is 53.1 Å². The lowest BCUT2D eigenvalue weighted by Gasteiger charge is -2.20. The largest absolute Gasteiger partial charge is 0.337 e. The molecule has 3 aromatic rings. The highest BCUT2D eigenvalue weighted by atomic mass is 16.5. The van der Waals surface area contributed by atoms with Gasteiger partial charge in [0.15, 0.2) is 0 Å². The van der Waals surface area contributed by atoms with Gasteiger partial charge in [0, 0.05) is 24.7 Å². The predicted molar refractivity (Wildman–Crippen MR) is 120 cm³/mol. The molecule has 0 radical (unpaired) electrons. The fraction of sp³-hybridized carbons (Fsp3) is 0.400. The van der Waals surface area contributed by atoms with Gasteiger partial charge in [0.1, 0.15) is 0 Å². The Hall–Kier alpha value is -2.99. The van der Waals surface area contributed by atoms with E-state index in [0.29, 0.717) is 17.3 Å². The van der Waals surface area contributed by atoms with Gasteiger partial charge in [0.25, 0.3) is 5.91 Å². The number of likely N-dealkylation sites (tertiary alicyclic amines) is 1. The summed E-state index contributed by atoms with van der Waals surface area (Å²) in [4.78, 5) is 21.4. The molecular weight excluding hydrogens is 388 g/mol. The summed E-state index contributed by atoms with van der Waals surface area (Å²) in [6, 6.07) is 15.9. The van der Waals surface area contributed by atoms with Gasteiger partial charge in [-0.2, -0.15) is 4.98 Å². The molecule has 1 saturated heterocycles. The van der Waals surface area contributed by atoms with E-state index < -0.39 is 0 Å². The Balaban J connectivity index is 1.36. The molecule has 6 heteroatoms. The Bertz CT molecular complexity index is 1000. The van der Waals surface area contributed by atoms with E-state index in [1.54, 1.807) is 11.9 Å². The summed E-state index contributed by atoms with van der Waals surface area (Å²) in [5.74, 6) is 0.902. The van der Waals surface area contributed by atoms with Gasteiger partial charge in [0.05, 0.1) is 6.54 Å². The zero-order valence-corrected chi connectivity index (χ0v) is 18.4. The van der Waals surface area contributed by atoms with E-state index in [1.165, 1.54) is 31.2 Å². The van der Waals surface area contributed by atoms with Gasteiger partial charge in [-0.3, -0.25) is 9.69 Å². The minimum Gasteiger partial charge on any atom is -0.337 e. The van der Waals surface area contributed by atoms with Gasteiger partial charge in [-0.1, -0.05) is 53.9 Å². The maximum Gasteiger partial charge on any atom is 0.254 e. The monoisotopic (exact) mass is 418 g/mol. The summed E-state index contributed by atoms with van der Waals surface area (Å²) in [6.45, 7) is 5.58. The third kappa shape index (κ3) is 5.58. The quantitative estimate of drug-likeness (QED) is 0.581. The van der Waals surface area contributed by atoms with Crippen LogP contribution in [0.5, 0.6) is 0 Å². The number of hydrogen-bond donors (Lipinski definition) is 0. The molecule has 1 aliphatic heterocycles. The molecule has 6 nitrogen and oxygen atoms in total. The van der Waals surface area contributed by atoms with E-state index in [0.717, 1.165) is 30.8 Å². The molecule has 1 aromatic heterocycles. The Morgan fingerprint density at radius 2 is 1.81 bits per heavy atom. The van der Waals surface area contributed by atoms with Crippen molar-refractivity contribution in [2.75, 3.05) is 20.1 Å². The summed E-state index contributed by atoms with van der Waals surface area (Å²) in [6.07, 6.45) is 5.23. The van der Waals surface area contributed by atoms with Crippen LogP contribution in [0.1, 0.15) is 53.1 Å². The number of carbonyl (C=O) groups is 1. The third-order valence-electron chi connectivity index (χ3n) is 5.77. The molecule has 0 aliphatic carbocycles. The second-order valence-corrected chi connectivity index (χ2v) is 8.43. The molecule has 0 unspecified atom stereocenters. The molecule has 31 heavy (non-hydrogen) atoms. The molecule has 1 aliphatic rings. The molecule has 0 spiro atoms. The number of carbonyl (C=O) groups excluding carboxylic acids is 1. The molecule has 1 amide bonds. The number of rotatable bonds is 6. The predicted octanol–water partition coefficient (Wildman–Crippen LogP) is 4.69. The van der Waals surface area contributed by atoms with Gasteiger partial charge in [-0.15, -0.1) is 0 Å². The molecule has 0 atom stereocenters. The third-order valence-corrected chi connectivity index (χ3v) is 5.77. The lowest BCUT2D eigenvalue weighted by Crippen LogP contribution is -2.26. The maximum absolute atomic E-state index is 12.8. The van der Waals surface area contributed by atoms with Crippen LogP contribution < -0.4 is 0 Å². The summed E-state index contributed by atoms with van der Waals surface area (Å²) in [5.41, 5.74) is 3.96. The van der Waals surface area contributed by atoms with E-state index in [2.05, 4.69) is 27.2 Å². The first-order chi connectivity index (χ1) is 15.1. The number of aryl methyl sites for hydroxylation is 1. The summed E-state index contributed by atoms with van der Waals surface area (Å²) >= 11 is 0. The van der Waals surface area contributed by atoms with E-state index in [-0.39, 0.29) is 12.5 Å². The van der Waals surface area contributed by atoms with Crippen LogP contribution in [0.4, 0.5) is 0 Å². The average Bonchev–Trinajstić information content (AvgIpc) is 3.09. The van der Waals surface area contributed by atoms with E-state index in [1.807, 2.05) is 43.3 Å². The van der Waals surface area contributed by atoms with Gasteiger partial charge < -0.3 is 9.42 Å². The van der Waals surface area contributed by atoms with Crippen molar-refractivity contribution in [3.8, 4) is 11.4 Å². The van der Waals surface area contributed by atoms with Crippen molar-refractivity contribution >= 4 is 5.91 Å². The number of amides is 1. The highest BCUT2D eigenvalue weighted by Crippen LogP contribution is 2.18. The first kappa shape index (κ1) is 21.2. The molecule has 0 saturated carbocycles. The van der Waals surface area contributed by atoms with Gasteiger partial charge >= 0.3 is 0 Å². The van der Waals surface area contributed by atoms with Crippen LogP contribution in [0.3, 0.4) is 0 Å². The minimum atomic E-state index is -0.0587. The van der Waals surface area contributed by atoms with Crippen molar-refractivity contribution in [2.45, 2.75) is 45.7 Å². The van der Waals surface area contributed by atoms with Gasteiger partial charge in [-0.05, 0) is 56.6 Å². The number of benzene rings is 2. The van der Waals surface area contributed by atoms with Crippen LogP contribution in [0.2, 0.25) is 0 Å². The van der Waals surface area contributed by atoms with Crippen molar-refractivity contribution in [3.63, 3.8) is 0 Å². The summed E-state index contributed by atoms with van der Waals surface area (Å²) in [7, 11) is 1.75. The van der Waals surface area contributed by atoms with Crippen LogP contribution in [-0.2, 0) is 13.1 Å². The molecule has 4 rings (SSSR count). The zero-order valence-electron chi connectivity index (χ0n) is 18.4. The second-order valence-electron chi connectivity index (χ2n) is 8.43. The standard InChI is InChI=1S/C25H30N4O2/c1-19-8-7-9-22(16-19)24-26-23(31-27-24)18-28(2)25(30)21-12-10-20(11-13-21)17-29-14-5-3-4-6-15-29/h7-13,16H,3-6,14-15,17-18H2,1-2H3. The Morgan fingerprint density at radius 1 is 1.06 bits per heavy atom. The van der Waals surface area contributed by atoms with Crippen molar-refractivity contribution in [1.29, 1.82) is 0 Å². The molecule has 0 bridgehead atoms. The molecular formula is C25H30N4O2. The van der Waals surface area contributed by atoms with E-state index in [9.17, 15) is 4.79 Å². The highest BCUT2D eigenvalue weighted by Gasteiger charge is 2.17. The molecule has 2 heterocycles. The van der Waals surface area contributed by atoms with Crippen molar-refractivity contribution in [3.05, 3.63) is 71.1 Å². The SMILES string of the molecule is Cc1cccc(-c2noc(CN(C)C(=O)c3ccc(CN4CCCCCC4)cc3)n2)c1. The van der Waals surface area contributed by atoms with Crippen LogP contribution in [-0.4, -0.2) is 46.0 Å². The van der Waals surface area contributed by atoms with Crippen LogP contribution in [0, 0.1) is 6.92 Å². The summed E-state index contributed by atoms with van der Waals surface area (Å²) in [5, 5.41) is 4.06. The molecule has 1 fully saturated rings. The molecule has 0 N–H and O–H groups in total. The topological polar surface area (TPSA) is 62.5 Å².